The van der Waals surface area contributed by atoms with Crippen LogP contribution in [-0.2, 0) is 6.42 Å². The summed E-state index contributed by atoms with van der Waals surface area (Å²) in [7, 11) is 5.40. The average molecular weight is 226 g/mol. The number of likely N-dealkylation sites (N-methyl/N-ethyl adjacent to an activating group) is 1. The molecule has 90 valence electrons. The van der Waals surface area contributed by atoms with Gasteiger partial charge in [-0.05, 0) is 38.2 Å². The average Bonchev–Trinajstić information content (AvgIpc) is 2.27. The Balaban J connectivity index is 2.51. The van der Waals surface area contributed by atoms with Gasteiger partial charge in [0.05, 0.1) is 7.11 Å². The van der Waals surface area contributed by atoms with Gasteiger partial charge < -0.3 is 10.1 Å². The third-order valence-electron chi connectivity index (χ3n) is 2.43. The predicted octanol–water partition coefficient (Wildman–Crippen LogP) is 1.49. The minimum Gasteiger partial charge on any atom is -0.494 e. The van der Waals surface area contributed by atoms with E-state index in [1.54, 1.807) is 6.07 Å². The molecule has 0 aliphatic rings. The number of benzene rings is 1. The first-order chi connectivity index (χ1) is 7.67. The van der Waals surface area contributed by atoms with E-state index in [9.17, 15) is 4.39 Å². The molecule has 0 aromatic heterocycles. The maximum atomic E-state index is 13.4. The highest BCUT2D eigenvalue weighted by Gasteiger charge is 2.04. The second-order valence-electron chi connectivity index (χ2n) is 3.81. The number of nitrogens with zero attached hydrogens (tertiary/aromatic N) is 1. The van der Waals surface area contributed by atoms with Crippen LogP contribution in [0.25, 0.3) is 0 Å². The van der Waals surface area contributed by atoms with Crippen molar-refractivity contribution in [2.45, 2.75) is 6.42 Å². The molecule has 1 N–H and O–H groups in total. The molecule has 0 unspecified atom stereocenters. The van der Waals surface area contributed by atoms with E-state index in [4.69, 9.17) is 4.74 Å². The Bertz CT molecular complexity index is 331. The first-order valence-electron chi connectivity index (χ1n) is 5.33. The van der Waals surface area contributed by atoms with Crippen LogP contribution >= 0.6 is 0 Å². The van der Waals surface area contributed by atoms with Gasteiger partial charge in [-0.2, -0.15) is 0 Å². The van der Waals surface area contributed by atoms with Gasteiger partial charge in [0, 0.05) is 13.2 Å². The Morgan fingerprint density at radius 2 is 2.19 bits per heavy atom. The van der Waals surface area contributed by atoms with Crippen LogP contribution in [0.1, 0.15) is 5.56 Å². The van der Waals surface area contributed by atoms with Gasteiger partial charge in [-0.3, -0.25) is 4.90 Å². The molecule has 0 saturated carbocycles. The van der Waals surface area contributed by atoms with Gasteiger partial charge in [-0.1, -0.05) is 6.07 Å². The monoisotopic (exact) mass is 226 g/mol. The highest BCUT2D eigenvalue weighted by atomic mass is 19.1. The molecule has 0 fully saturated rings. The van der Waals surface area contributed by atoms with Crippen molar-refractivity contribution in [3.05, 3.63) is 29.6 Å². The Morgan fingerprint density at radius 3 is 2.75 bits per heavy atom. The zero-order valence-electron chi connectivity index (χ0n) is 10.1. The zero-order chi connectivity index (χ0) is 12.0. The van der Waals surface area contributed by atoms with Gasteiger partial charge in [0.25, 0.3) is 0 Å². The van der Waals surface area contributed by atoms with Crippen LogP contribution in [0.5, 0.6) is 5.75 Å². The van der Waals surface area contributed by atoms with Crippen molar-refractivity contribution in [1.29, 1.82) is 0 Å². The van der Waals surface area contributed by atoms with Crippen molar-refractivity contribution in [2.75, 3.05) is 34.4 Å². The summed E-state index contributed by atoms with van der Waals surface area (Å²) in [6.07, 6.45) is 0.832. The van der Waals surface area contributed by atoms with E-state index in [-0.39, 0.29) is 5.82 Å². The van der Waals surface area contributed by atoms with Crippen LogP contribution in [0.15, 0.2) is 18.2 Å². The minimum atomic E-state index is -0.295. The van der Waals surface area contributed by atoms with Crippen LogP contribution < -0.4 is 10.1 Å². The molecule has 1 aromatic rings. The van der Waals surface area contributed by atoms with E-state index in [1.165, 1.54) is 13.2 Å². The van der Waals surface area contributed by atoms with Gasteiger partial charge in [0.1, 0.15) is 0 Å². The summed E-state index contributed by atoms with van der Waals surface area (Å²) in [5.74, 6) is 0.00333. The highest BCUT2D eigenvalue weighted by molar-refractivity contribution is 5.29. The fourth-order valence-electron chi connectivity index (χ4n) is 1.53. The number of hydrogen-bond acceptors (Lipinski definition) is 3. The first kappa shape index (κ1) is 12.9. The third kappa shape index (κ3) is 3.79. The predicted molar refractivity (Wildman–Crippen MR) is 63.2 cm³/mol. The molecule has 1 rings (SSSR count). The maximum Gasteiger partial charge on any atom is 0.165 e. The topological polar surface area (TPSA) is 24.5 Å². The number of nitrogens with one attached hydrogen (secondary N) is 1. The van der Waals surface area contributed by atoms with Crippen molar-refractivity contribution < 1.29 is 9.13 Å². The molecule has 0 atom stereocenters. The fraction of sp³-hybridized carbons (Fsp3) is 0.500. The van der Waals surface area contributed by atoms with Crippen LogP contribution in [0.3, 0.4) is 0 Å². The SMILES string of the molecule is CNCN(C)CCc1ccc(OC)c(F)c1. The summed E-state index contributed by atoms with van der Waals surface area (Å²) >= 11 is 0. The third-order valence-corrected chi connectivity index (χ3v) is 2.43. The van der Waals surface area contributed by atoms with E-state index >= 15 is 0 Å². The summed E-state index contributed by atoms with van der Waals surface area (Å²) in [6, 6.07) is 5.10. The number of rotatable bonds is 6. The largest absolute Gasteiger partial charge is 0.494 e. The van der Waals surface area contributed by atoms with Crippen LogP contribution in [-0.4, -0.2) is 39.3 Å². The molecular formula is C12H19FN2O. The summed E-state index contributed by atoms with van der Waals surface area (Å²) in [5.41, 5.74) is 0.987. The zero-order valence-corrected chi connectivity index (χ0v) is 10.1. The van der Waals surface area contributed by atoms with Crippen molar-refractivity contribution in [2.24, 2.45) is 0 Å². The molecule has 3 nitrogen and oxygen atoms in total. The van der Waals surface area contributed by atoms with Gasteiger partial charge in [0.15, 0.2) is 11.6 Å². The van der Waals surface area contributed by atoms with Gasteiger partial charge in [-0.25, -0.2) is 4.39 Å². The minimum absolute atomic E-state index is 0.295. The summed E-state index contributed by atoms with van der Waals surface area (Å²) in [6.45, 7) is 1.73. The van der Waals surface area contributed by atoms with E-state index in [0.29, 0.717) is 5.75 Å². The van der Waals surface area contributed by atoms with Crippen LogP contribution in [0.4, 0.5) is 4.39 Å². The molecule has 0 radical (unpaired) electrons. The maximum absolute atomic E-state index is 13.4. The second kappa shape index (κ2) is 6.45. The Hall–Kier alpha value is -1.13. The van der Waals surface area contributed by atoms with E-state index in [1.807, 2.05) is 20.2 Å². The van der Waals surface area contributed by atoms with Crippen LogP contribution in [0.2, 0.25) is 0 Å². The van der Waals surface area contributed by atoms with E-state index < -0.39 is 0 Å². The highest BCUT2D eigenvalue weighted by Crippen LogP contribution is 2.17. The number of halogens is 1. The molecule has 0 saturated heterocycles. The van der Waals surface area contributed by atoms with Crippen LogP contribution in [0, 0.1) is 5.82 Å². The number of methoxy groups -OCH3 is 1. The number of hydrogen-bond donors (Lipinski definition) is 1. The molecule has 16 heavy (non-hydrogen) atoms. The van der Waals surface area contributed by atoms with Gasteiger partial charge in [-0.15, -0.1) is 0 Å². The van der Waals surface area contributed by atoms with Crippen molar-refractivity contribution in [3.63, 3.8) is 0 Å². The van der Waals surface area contributed by atoms with E-state index in [2.05, 4.69) is 10.2 Å². The lowest BCUT2D eigenvalue weighted by Crippen LogP contribution is -2.30. The van der Waals surface area contributed by atoms with Crippen molar-refractivity contribution in [3.8, 4) is 5.75 Å². The molecule has 0 amide bonds. The standard InChI is InChI=1S/C12H19FN2O/c1-14-9-15(2)7-6-10-4-5-12(16-3)11(13)8-10/h4-5,8,14H,6-7,9H2,1-3H3. The quantitative estimate of drug-likeness (QED) is 0.744. The molecule has 0 spiro atoms. The second-order valence-corrected chi connectivity index (χ2v) is 3.81. The fourth-order valence-corrected chi connectivity index (χ4v) is 1.53. The summed E-state index contributed by atoms with van der Waals surface area (Å²) < 4.78 is 18.2. The molecular weight excluding hydrogens is 207 g/mol. The smallest absolute Gasteiger partial charge is 0.165 e. The Morgan fingerprint density at radius 1 is 1.44 bits per heavy atom. The summed E-state index contributed by atoms with van der Waals surface area (Å²) in [5, 5.41) is 3.07. The van der Waals surface area contributed by atoms with Crippen molar-refractivity contribution >= 4 is 0 Å². The number of ether oxygens (including phenoxy) is 1. The normalized spacial score (nSPS) is 10.8. The summed E-state index contributed by atoms with van der Waals surface area (Å²) in [4.78, 5) is 2.14. The van der Waals surface area contributed by atoms with Crippen molar-refractivity contribution in [1.82, 2.24) is 10.2 Å². The van der Waals surface area contributed by atoms with Gasteiger partial charge >= 0.3 is 0 Å². The molecule has 0 aliphatic carbocycles. The lowest BCUT2D eigenvalue weighted by atomic mass is 10.1. The lowest BCUT2D eigenvalue weighted by molar-refractivity contribution is 0.321. The molecule has 0 heterocycles. The Labute approximate surface area is 96.2 Å². The van der Waals surface area contributed by atoms with E-state index in [0.717, 1.165) is 25.2 Å². The molecule has 1 aromatic carbocycles. The molecule has 0 bridgehead atoms. The lowest BCUT2D eigenvalue weighted by Gasteiger charge is -2.15. The Kier molecular flexibility index (Phi) is 5.22. The van der Waals surface area contributed by atoms with Gasteiger partial charge in [0.2, 0.25) is 0 Å². The molecule has 0 aliphatic heterocycles. The first-order valence-corrected chi connectivity index (χ1v) is 5.33. The molecule has 4 heteroatoms.